The second-order valence-electron chi connectivity index (χ2n) is 6.91. The number of benzene rings is 1. The lowest BCUT2D eigenvalue weighted by molar-refractivity contribution is -0.137. The number of hydrogen-bond donors (Lipinski definition) is 2. The smallest absolute Gasteiger partial charge is 0.325 e. The van der Waals surface area contributed by atoms with Gasteiger partial charge in [-0.3, -0.25) is 19.8 Å². The molecule has 4 rings (SSSR count). The molecule has 3 heterocycles. The van der Waals surface area contributed by atoms with Gasteiger partial charge in [0, 0.05) is 30.1 Å². The second kappa shape index (κ2) is 8.77. The summed E-state index contributed by atoms with van der Waals surface area (Å²) < 4.78 is 38.5. The van der Waals surface area contributed by atoms with Crippen molar-refractivity contribution in [3.05, 3.63) is 62.8 Å². The number of carbonyl (C=O) groups excluding carboxylic acids is 2. The van der Waals surface area contributed by atoms with Crippen LogP contribution in [0.15, 0.2) is 41.8 Å². The highest BCUT2D eigenvalue weighted by Gasteiger charge is 2.30. The molecule has 2 aromatic heterocycles. The quantitative estimate of drug-likeness (QED) is 0.582. The van der Waals surface area contributed by atoms with Crippen molar-refractivity contribution in [3.63, 3.8) is 0 Å². The average Bonchev–Trinajstić information content (AvgIpc) is 3.36. The molecule has 2 amide bonds. The minimum Gasteiger partial charge on any atom is -0.325 e. The van der Waals surface area contributed by atoms with Crippen molar-refractivity contribution < 1.29 is 22.8 Å². The van der Waals surface area contributed by atoms with Crippen molar-refractivity contribution >= 4 is 45.3 Å². The second-order valence-corrected chi connectivity index (χ2v) is 8.94. The van der Waals surface area contributed by atoms with E-state index in [1.165, 1.54) is 34.8 Å². The first-order chi connectivity index (χ1) is 14.8. The van der Waals surface area contributed by atoms with Crippen LogP contribution in [0.4, 0.5) is 24.0 Å². The Labute approximate surface area is 183 Å². The zero-order valence-corrected chi connectivity index (χ0v) is 17.7. The third-order valence-corrected chi connectivity index (χ3v) is 6.48. The van der Waals surface area contributed by atoms with E-state index in [-0.39, 0.29) is 18.1 Å². The molecule has 11 heteroatoms. The summed E-state index contributed by atoms with van der Waals surface area (Å²) in [5.41, 5.74) is 0.185. The van der Waals surface area contributed by atoms with Crippen LogP contribution in [0, 0.1) is 0 Å². The Hall–Kier alpha value is -2.76. The molecule has 0 bridgehead atoms. The summed E-state index contributed by atoms with van der Waals surface area (Å²) in [5.74, 6) is -0.600. The van der Waals surface area contributed by atoms with Crippen LogP contribution >= 0.6 is 22.7 Å². The zero-order chi connectivity index (χ0) is 22.0. The van der Waals surface area contributed by atoms with Crippen LogP contribution in [0.1, 0.15) is 25.8 Å². The minimum atomic E-state index is -4.47. The first-order valence-corrected chi connectivity index (χ1v) is 11.0. The van der Waals surface area contributed by atoms with Crippen LogP contribution in [0.3, 0.4) is 0 Å². The standard InChI is InChI=1S/C20H17F3N4O2S2/c21-20(22,23)12-3-1-4-13(9-12)24-17(28)11-27-7-6-14-16(10-27)31-19(25-14)26-18(29)15-5-2-8-30-15/h1-5,8-9H,6-7,10-11H2,(H,24,28)(H,25,26,29). The number of alkyl halides is 3. The minimum absolute atomic E-state index is 0.0461. The number of thiazole rings is 1. The Kier molecular flexibility index (Phi) is 6.08. The van der Waals surface area contributed by atoms with Crippen molar-refractivity contribution in [3.8, 4) is 0 Å². The Morgan fingerprint density at radius 3 is 2.74 bits per heavy atom. The fourth-order valence-corrected chi connectivity index (χ4v) is 4.84. The number of nitrogens with zero attached hydrogens (tertiary/aromatic N) is 2. The van der Waals surface area contributed by atoms with Gasteiger partial charge in [-0.15, -0.1) is 22.7 Å². The first-order valence-electron chi connectivity index (χ1n) is 9.31. The van der Waals surface area contributed by atoms with Gasteiger partial charge < -0.3 is 5.32 Å². The SMILES string of the molecule is O=C(CN1CCc2nc(NC(=O)c3cccs3)sc2C1)Nc1cccc(C(F)(F)F)c1. The number of aromatic nitrogens is 1. The molecular weight excluding hydrogens is 449 g/mol. The third kappa shape index (κ3) is 5.30. The number of nitrogens with one attached hydrogen (secondary N) is 2. The number of hydrogen-bond acceptors (Lipinski definition) is 6. The molecule has 1 aromatic carbocycles. The van der Waals surface area contributed by atoms with Crippen LogP contribution in [-0.2, 0) is 23.9 Å². The van der Waals surface area contributed by atoms with Crippen molar-refractivity contribution in [1.29, 1.82) is 0 Å². The van der Waals surface area contributed by atoms with Crippen LogP contribution < -0.4 is 10.6 Å². The van der Waals surface area contributed by atoms with Gasteiger partial charge in [0.15, 0.2) is 5.13 Å². The number of amides is 2. The van der Waals surface area contributed by atoms with Gasteiger partial charge in [0.1, 0.15) is 0 Å². The van der Waals surface area contributed by atoms with Crippen LogP contribution in [0.5, 0.6) is 0 Å². The predicted molar refractivity (Wildman–Crippen MR) is 113 cm³/mol. The lowest BCUT2D eigenvalue weighted by Crippen LogP contribution is -2.36. The molecule has 1 aliphatic heterocycles. The molecule has 2 N–H and O–H groups in total. The van der Waals surface area contributed by atoms with E-state index in [9.17, 15) is 22.8 Å². The van der Waals surface area contributed by atoms with Gasteiger partial charge in [-0.05, 0) is 29.6 Å². The van der Waals surface area contributed by atoms with Crippen molar-refractivity contribution in [2.24, 2.45) is 0 Å². The van der Waals surface area contributed by atoms with Crippen molar-refractivity contribution in [1.82, 2.24) is 9.88 Å². The summed E-state index contributed by atoms with van der Waals surface area (Å²) in [7, 11) is 0. The average molecular weight is 467 g/mol. The van der Waals surface area contributed by atoms with E-state index < -0.39 is 17.6 Å². The van der Waals surface area contributed by atoms with Gasteiger partial charge in [-0.1, -0.05) is 12.1 Å². The van der Waals surface area contributed by atoms with E-state index in [2.05, 4.69) is 15.6 Å². The van der Waals surface area contributed by atoms with Gasteiger partial charge in [0.2, 0.25) is 5.91 Å². The highest BCUT2D eigenvalue weighted by Crippen LogP contribution is 2.31. The highest BCUT2D eigenvalue weighted by atomic mass is 32.1. The van der Waals surface area contributed by atoms with E-state index in [1.807, 2.05) is 10.3 Å². The molecule has 0 saturated carbocycles. The Balaban J connectivity index is 1.34. The molecule has 0 fully saturated rings. The van der Waals surface area contributed by atoms with Crippen LogP contribution in [0.2, 0.25) is 0 Å². The molecule has 162 valence electrons. The molecular formula is C20H17F3N4O2S2. The summed E-state index contributed by atoms with van der Waals surface area (Å²) in [6, 6.07) is 8.09. The lowest BCUT2D eigenvalue weighted by atomic mass is 10.1. The van der Waals surface area contributed by atoms with Crippen molar-refractivity contribution in [2.45, 2.75) is 19.1 Å². The molecule has 0 aliphatic carbocycles. The number of halogens is 3. The van der Waals surface area contributed by atoms with Gasteiger partial charge >= 0.3 is 6.18 Å². The van der Waals surface area contributed by atoms with E-state index >= 15 is 0 Å². The predicted octanol–water partition coefficient (Wildman–Crippen LogP) is 4.47. The zero-order valence-electron chi connectivity index (χ0n) is 16.0. The third-order valence-electron chi connectivity index (χ3n) is 4.62. The molecule has 0 saturated heterocycles. The van der Waals surface area contributed by atoms with E-state index in [4.69, 9.17) is 0 Å². The fourth-order valence-electron chi connectivity index (χ4n) is 3.18. The molecule has 31 heavy (non-hydrogen) atoms. The molecule has 0 spiro atoms. The van der Waals surface area contributed by atoms with E-state index in [0.717, 1.165) is 22.7 Å². The van der Waals surface area contributed by atoms with E-state index in [0.29, 0.717) is 29.5 Å². The normalized spacial score (nSPS) is 14.2. The maximum absolute atomic E-state index is 12.8. The summed E-state index contributed by atoms with van der Waals surface area (Å²) in [6.45, 7) is 1.12. The van der Waals surface area contributed by atoms with Gasteiger partial charge in [-0.25, -0.2) is 4.98 Å². The first kappa shape index (κ1) is 21.5. The highest BCUT2D eigenvalue weighted by molar-refractivity contribution is 7.16. The van der Waals surface area contributed by atoms with Crippen LogP contribution in [-0.4, -0.2) is 34.8 Å². The summed E-state index contributed by atoms with van der Waals surface area (Å²) in [4.78, 5) is 32.4. The molecule has 0 unspecified atom stereocenters. The number of carbonyl (C=O) groups is 2. The number of rotatable bonds is 5. The largest absolute Gasteiger partial charge is 0.416 e. The van der Waals surface area contributed by atoms with Crippen molar-refractivity contribution in [2.75, 3.05) is 23.7 Å². The number of anilines is 2. The van der Waals surface area contributed by atoms with Gasteiger partial charge in [0.25, 0.3) is 5.91 Å². The van der Waals surface area contributed by atoms with Crippen LogP contribution in [0.25, 0.3) is 0 Å². The Morgan fingerprint density at radius 1 is 1.16 bits per heavy atom. The molecule has 3 aromatic rings. The molecule has 1 aliphatic rings. The molecule has 6 nitrogen and oxygen atoms in total. The molecule has 0 atom stereocenters. The fraction of sp³-hybridized carbons (Fsp3) is 0.250. The van der Waals surface area contributed by atoms with Gasteiger partial charge in [0.05, 0.1) is 22.7 Å². The summed E-state index contributed by atoms with van der Waals surface area (Å²) >= 11 is 2.71. The Morgan fingerprint density at radius 2 is 2.00 bits per heavy atom. The lowest BCUT2D eigenvalue weighted by Gasteiger charge is -2.25. The van der Waals surface area contributed by atoms with Gasteiger partial charge in [-0.2, -0.15) is 13.2 Å². The van der Waals surface area contributed by atoms with E-state index in [1.54, 1.807) is 12.1 Å². The maximum atomic E-state index is 12.8. The Bertz CT molecular complexity index is 1100. The maximum Gasteiger partial charge on any atom is 0.416 e. The number of fused-ring (bicyclic) bond motifs is 1. The summed E-state index contributed by atoms with van der Waals surface area (Å²) in [6.07, 6.45) is -3.84. The number of thiophene rings is 1. The topological polar surface area (TPSA) is 74.3 Å². The monoisotopic (exact) mass is 466 g/mol. The molecule has 0 radical (unpaired) electrons. The summed E-state index contributed by atoms with van der Waals surface area (Å²) in [5, 5.41) is 7.66.